The molecule has 0 aliphatic carbocycles. The maximum Gasteiger partial charge on any atom is 0.143 e. The molecule has 162 valence electrons. The highest BCUT2D eigenvalue weighted by atomic mass is 16.1. The van der Waals surface area contributed by atoms with E-state index in [9.17, 15) is 4.79 Å². The molecular weight excluding hydrogens is 366 g/mol. The molecule has 2 aromatic carbocycles. The highest BCUT2D eigenvalue weighted by Gasteiger charge is 2.14. The molecule has 1 N–H and O–H groups in total. The number of benzene rings is 2. The van der Waals surface area contributed by atoms with Crippen molar-refractivity contribution in [3.8, 4) is 0 Å². The minimum atomic E-state index is 0.0298. The van der Waals surface area contributed by atoms with E-state index in [1.807, 2.05) is 45.0 Å². The third-order valence-corrected chi connectivity index (χ3v) is 5.30. The van der Waals surface area contributed by atoms with E-state index in [2.05, 4.69) is 64.1 Å². The number of carbonyl (C=O) groups is 1. The van der Waals surface area contributed by atoms with Crippen LogP contribution in [-0.2, 0) is 17.6 Å². The maximum absolute atomic E-state index is 12.3. The van der Waals surface area contributed by atoms with Crippen LogP contribution in [0.15, 0.2) is 66.2 Å². The summed E-state index contributed by atoms with van der Waals surface area (Å²) in [7, 11) is 0. The highest BCUT2D eigenvalue weighted by molar-refractivity contribution is 6.06. The van der Waals surface area contributed by atoms with E-state index in [0.717, 1.165) is 17.6 Å². The summed E-state index contributed by atoms with van der Waals surface area (Å²) in [5, 5.41) is 8.09. The Bertz CT molecular complexity index is 823. The Balaban J connectivity index is 0.00000218. The summed E-state index contributed by atoms with van der Waals surface area (Å²) < 4.78 is 0. The van der Waals surface area contributed by atoms with E-state index in [1.54, 1.807) is 0 Å². The molecule has 2 nitrogen and oxygen atoms in total. The van der Waals surface area contributed by atoms with Crippen LogP contribution in [0.1, 0.15) is 77.5 Å². The fraction of sp³-hybridized carbons (Fsp3) is 0.429. The normalized spacial score (nSPS) is 12.6. The molecular formula is C28H39NO. The second kappa shape index (κ2) is 12.3. The fourth-order valence-corrected chi connectivity index (χ4v) is 3.08. The van der Waals surface area contributed by atoms with Crippen LogP contribution in [0.5, 0.6) is 0 Å². The van der Waals surface area contributed by atoms with Gasteiger partial charge in [-0.1, -0.05) is 102 Å². The molecule has 0 amide bonds. The standard InChI is InChI=1S/C26H33NO.C2H6/c1-19(23-9-7-6-8-10-23)15-21-11-13-22(14-12-21)17-25(28)18-24(27)16-20(2)26(3,4)5;1-2/h6-14,16,19,27H,15,17-18H2,1-5H3;1-2H3/b20-16+,27-24?;. The molecule has 2 heteroatoms. The van der Waals surface area contributed by atoms with Crippen LogP contribution in [0, 0.1) is 10.8 Å². The Labute approximate surface area is 183 Å². The third kappa shape index (κ3) is 8.90. The number of hydrogen-bond donors (Lipinski definition) is 1. The Hall–Kier alpha value is -2.48. The zero-order valence-corrected chi connectivity index (χ0v) is 19.9. The minimum Gasteiger partial charge on any atom is -0.305 e. The number of Topliss-reactive ketones (excluding diaryl/α,β-unsaturated/α-hetero) is 1. The molecule has 1 unspecified atom stereocenters. The predicted molar refractivity (Wildman–Crippen MR) is 131 cm³/mol. The van der Waals surface area contributed by atoms with Gasteiger partial charge in [-0.2, -0.15) is 0 Å². The van der Waals surface area contributed by atoms with Gasteiger partial charge >= 0.3 is 0 Å². The summed E-state index contributed by atoms with van der Waals surface area (Å²) >= 11 is 0. The zero-order valence-electron chi connectivity index (χ0n) is 19.9. The van der Waals surface area contributed by atoms with Crippen molar-refractivity contribution in [1.82, 2.24) is 0 Å². The van der Waals surface area contributed by atoms with Crippen molar-refractivity contribution >= 4 is 11.5 Å². The van der Waals surface area contributed by atoms with Gasteiger partial charge in [0, 0.05) is 18.6 Å². The highest BCUT2D eigenvalue weighted by Crippen LogP contribution is 2.24. The van der Waals surface area contributed by atoms with Gasteiger partial charge in [0.2, 0.25) is 0 Å². The van der Waals surface area contributed by atoms with E-state index in [-0.39, 0.29) is 17.6 Å². The molecule has 0 aromatic heterocycles. The van der Waals surface area contributed by atoms with Gasteiger partial charge in [-0.15, -0.1) is 0 Å². The van der Waals surface area contributed by atoms with Gasteiger partial charge in [0.05, 0.1) is 0 Å². The van der Waals surface area contributed by atoms with Crippen molar-refractivity contribution < 1.29 is 4.79 Å². The van der Waals surface area contributed by atoms with Gasteiger partial charge < -0.3 is 5.41 Å². The van der Waals surface area contributed by atoms with Crippen molar-refractivity contribution in [3.63, 3.8) is 0 Å². The third-order valence-electron chi connectivity index (χ3n) is 5.30. The largest absolute Gasteiger partial charge is 0.305 e. The first kappa shape index (κ1) is 25.6. The minimum absolute atomic E-state index is 0.0298. The quantitative estimate of drug-likeness (QED) is 0.452. The van der Waals surface area contributed by atoms with Gasteiger partial charge in [0.1, 0.15) is 5.78 Å². The molecule has 2 aromatic rings. The van der Waals surface area contributed by atoms with E-state index in [0.29, 0.717) is 18.1 Å². The summed E-state index contributed by atoms with van der Waals surface area (Å²) in [6.07, 6.45) is 3.41. The first-order valence-corrected chi connectivity index (χ1v) is 11.1. The number of ketones is 1. The average Bonchev–Trinajstić information content (AvgIpc) is 2.70. The second-order valence-corrected chi connectivity index (χ2v) is 8.83. The van der Waals surface area contributed by atoms with Gasteiger partial charge in [-0.3, -0.25) is 4.79 Å². The SMILES string of the molecule is C/C(=C\C(=N)CC(=O)Cc1ccc(CC(C)c2ccccc2)cc1)C(C)(C)C.CC. The van der Waals surface area contributed by atoms with Crippen molar-refractivity contribution in [2.24, 2.45) is 5.41 Å². The lowest BCUT2D eigenvalue weighted by atomic mass is 9.86. The van der Waals surface area contributed by atoms with Gasteiger partial charge in [-0.25, -0.2) is 0 Å². The fourth-order valence-electron chi connectivity index (χ4n) is 3.08. The number of nitrogens with one attached hydrogen (secondary N) is 1. The number of allylic oxidation sites excluding steroid dienone is 2. The first-order valence-electron chi connectivity index (χ1n) is 11.1. The van der Waals surface area contributed by atoms with Crippen molar-refractivity contribution in [1.29, 1.82) is 5.41 Å². The van der Waals surface area contributed by atoms with Crippen LogP contribution in [0.2, 0.25) is 0 Å². The molecule has 30 heavy (non-hydrogen) atoms. The van der Waals surface area contributed by atoms with Gasteiger partial charge in [0.15, 0.2) is 0 Å². The number of rotatable bonds is 8. The van der Waals surface area contributed by atoms with Crippen LogP contribution in [0.25, 0.3) is 0 Å². The Morgan fingerprint density at radius 1 is 0.967 bits per heavy atom. The predicted octanol–water partition coefficient (Wildman–Crippen LogP) is 7.57. The molecule has 0 bridgehead atoms. The maximum atomic E-state index is 12.3. The molecule has 0 aliphatic heterocycles. The number of carbonyl (C=O) groups excluding carboxylic acids is 1. The second-order valence-electron chi connectivity index (χ2n) is 8.83. The topological polar surface area (TPSA) is 40.9 Å². The molecule has 0 heterocycles. The summed E-state index contributed by atoms with van der Waals surface area (Å²) in [6, 6.07) is 18.9. The lowest BCUT2D eigenvalue weighted by molar-refractivity contribution is -0.117. The van der Waals surface area contributed by atoms with Crippen LogP contribution < -0.4 is 0 Å². The van der Waals surface area contributed by atoms with E-state index in [4.69, 9.17) is 5.41 Å². The van der Waals surface area contributed by atoms with Crippen molar-refractivity contribution in [3.05, 3.63) is 82.9 Å². The molecule has 0 radical (unpaired) electrons. The Morgan fingerprint density at radius 3 is 2.03 bits per heavy atom. The zero-order chi connectivity index (χ0) is 22.7. The van der Waals surface area contributed by atoms with Crippen LogP contribution in [0.4, 0.5) is 0 Å². The molecule has 2 rings (SSSR count). The number of hydrogen-bond acceptors (Lipinski definition) is 2. The summed E-state index contributed by atoms with van der Waals surface area (Å²) in [6.45, 7) is 14.6. The van der Waals surface area contributed by atoms with Crippen molar-refractivity contribution in [2.45, 2.75) is 73.6 Å². The molecule has 1 atom stereocenters. The monoisotopic (exact) mass is 405 g/mol. The smallest absolute Gasteiger partial charge is 0.143 e. The summed E-state index contributed by atoms with van der Waals surface area (Å²) in [4.78, 5) is 12.3. The van der Waals surface area contributed by atoms with E-state index in [1.165, 1.54) is 11.1 Å². The summed E-state index contributed by atoms with van der Waals surface area (Å²) in [5.74, 6) is 0.556. The molecule has 0 aliphatic rings. The molecule has 0 saturated heterocycles. The van der Waals surface area contributed by atoms with Crippen LogP contribution in [-0.4, -0.2) is 11.5 Å². The van der Waals surface area contributed by atoms with Crippen LogP contribution >= 0.6 is 0 Å². The van der Waals surface area contributed by atoms with Crippen LogP contribution in [0.3, 0.4) is 0 Å². The average molecular weight is 406 g/mol. The Morgan fingerprint density at radius 2 is 1.50 bits per heavy atom. The molecule has 0 spiro atoms. The molecule has 0 saturated carbocycles. The van der Waals surface area contributed by atoms with Gasteiger partial charge in [0.25, 0.3) is 0 Å². The van der Waals surface area contributed by atoms with Crippen molar-refractivity contribution in [2.75, 3.05) is 0 Å². The lowest BCUT2D eigenvalue weighted by Gasteiger charge is -2.19. The molecule has 0 fully saturated rings. The first-order chi connectivity index (χ1) is 14.1. The lowest BCUT2D eigenvalue weighted by Crippen LogP contribution is -2.12. The van der Waals surface area contributed by atoms with E-state index < -0.39 is 0 Å². The van der Waals surface area contributed by atoms with Gasteiger partial charge in [-0.05, 0) is 47.4 Å². The Kier molecular flexibility index (Phi) is 10.5. The van der Waals surface area contributed by atoms with E-state index >= 15 is 0 Å². The summed E-state index contributed by atoms with van der Waals surface area (Å²) in [5.41, 5.74) is 5.20.